The Morgan fingerprint density at radius 2 is 1.69 bits per heavy atom. The van der Waals surface area contributed by atoms with Gasteiger partial charge in [-0.25, -0.2) is 18.6 Å². The van der Waals surface area contributed by atoms with Crippen LogP contribution in [0, 0.1) is 17.6 Å². The average molecular weight is 697 g/mol. The number of urea groups is 1. The molecule has 0 bridgehead atoms. The molecule has 3 amide bonds. The molecule has 4 saturated heterocycles. The zero-order valence-electron chi connectivity index (χ0n) is 27.4. The molecule has 0 radical (unpaired) electrons. The van der Waals surface area contributed by atoms with Crippen molar-refractivity contribution in [2.24, 2.45) is 5.92 Å². The quantitative estimate of drug-likeness (QED) is 0.325. The SMILES string of the molecule is O=C1CCN(c2ccc(N3CCC(N4CCC(COc5cc(F)c6c(=O)[nH]c(CSC7CCOCC7)nc6c5)CC4)CC3)c(F)c2)C(=O)N1. The van der Waals surface area contributed by atoms with E-state index in [0.29, 0.717) is 58.0 Å². The van der Waals surface area contributed by atoms with Crippen molar-refractivity contribution in [2.75, 3.05) is 62.3 Å². The molecular formula is C35H42F2N6O5S. The molecule has 0 saturated carbocycles. The minimum Gasteiger partial charge on any atom is -0.493 e. The minimum absolute atomic E-state index is 0.0449. The number of thioether (sulfide) groups is 1. The number of ether oxygens (including phenoxy) is 2. The van der Waals surface area contributed by atoms with E-state index < -0.39 is 17.4 Å². The normalized spacial score (nSPS) is 20.6. The third kappa shape index (κ3) is 7.86. The van der Waals surface area contributed by atoms with Gasteiger partial charge in [-0.05, 0) is 75.7 Å². The number of H-pyrrole nitrogens is 1. The molecule has 4 fully saturated rings. The fourth-order valence-electron chi connectivity index (χ4n) is 7.34. The molecule has 1 aromatic heterocycles. The standard InChI is InChI=1S/C35H42F2N6O5S/c36-27-17-24(43-14-7-32(44)40-35(43)46)1-2-30(27)42-12-5-23(6-13-42)41-10-3-22(4-11-41)20-48-25-18-28(37)33-29(19-25)38-31(39-34(33)45)21-49-26-8-15-47-16-9-26/h1-2,17-19,22-23,26H,3-16,20-21H2,(H,38,39,45)(H,40,44,46). The molecule has 262 valence electrons. The summed E-state index contributed by atoms with van der Waals surface area (Å²) in [7, 11) is 0. The molecular weight excluding hydrogens is 654 g/mol. The van der Waals surface area contributed by atoms with Crippen molar-refractivity contribution in [3.05, 3.63) is 58.1 Å². The van der Waals surface area contributed by atoms with Crippen LogP contribution in [0.15, 0.2) is 35.1 Å². The third-order valence-corrected chi connectivity index (χ3v) is 11.5. The largest absolute Gasteiger partial charge is 0.493 e. The Balaban J connectivity index is 0.881. The molecule has 4 aliphatic rings. The smallest absolute Gasteiger partial charge is 0.328 e. The van der Waals surface area contributed by atoms with Gasteiger partial charge in [-0.15, -0.1) is 0 Å². The van der Waals surface area contributed by atoms with E-state index in [4.69, 9.17) is 9.47 Å². The molecule has 3 aromatic rings. The van der Waals surface area contributed by atoms with Crippen LogP contribution < -0.4 is 25.4 Å². The number of aromatic nitrogens is 2. The highest BCUT2D eigenvalue weighted by molar-refractivity contribution is 7.99. The molecule has 5 heterocycles. The summed E-state index contributed by atoms with van der Waals surface area (Å²) in [6.45, 7) is 5.57. The van der Waals surface area contributed by atoms with Crippen molar-refractivity contribution in [1.29, 1.82) is 0 Å². The molecule has 0 spiro atoms. The summed E-state index contributed by atoms with van der Waals surface area (Å²) in [5.74, 6) is 0.481. The minimum atomic E-state index is -0.631. The number of piperidine rings is 2. The number of imide groups is 1. The van der Waals surface area contributed by atoms with Gasteiger partial charge in [0.15, 0.2) is 0 Å². The highest BCUT2D eigenvalue weighted by Gasteiger charge is 2.30. The number of rotatable bonds is 9. The lowest BCUT2D eigenvalue weighted by molar-refractivity contribution is -0.120. The van der Waals surface area contributed by atoms with Gasteiger partial charge in [-0.2, -0.15) is 11.8 Å². The molecule has 0 aliphatic carbocycles. The van der Waals surface area contributed by atoms with Crippen molar-refractivity contribution in [2.45, 2.75) is 62.0 Å². The molecule has 2 aromatic carbocycles. The second-order valence-electron chi connectivity index (χ2n) is 13.3. The van der Waals surface area contributed by atoms with Crippen LogP contribution in [0.5, 0.6) is 5.75 Å². The predicted molar refractivity (Wildman–Crippen MR) is 184 cm³/mol. The van der Waals surface area contributed by atoms with E-state index >= 15 is 8.78 Å². The number of anilines is 2. The number of fused-ring (bicyclic) bond motifs is 1. The van der Waals surface area contributed by atoms with Crippen molar-refractivity contribution in [1.82, 2.24) is 20.2 Å². The number of amides is 3. The highest BCUT2D eigenvalue weighted by atomic mass is 32.2. The number of carbonyl (C=O) groups is 2. The Morgan fingerprint density at radius 1 is 0.918 bits per heavy atom. The summed E-state index contributed by atoms with van der Waals surface area (Å²) in [6.07, 6.45) is 5.92. The number of hydrogen-bond donors (Lipinski definition) is 2. The third-order valence-electron chi connectivity index (χ3n) is 10.2. The topological polar surface area (TPSA) is 120 Å². The van der Waals surface area contributed by atoms with Crippen LogP contribution in [0.25, 0.3) is 10.9 Å². The zero-order valence-corrected chi connectivity index (χ0v) is 28.2. The first kappa shape index (κ1) is 33.7. The predicted octanol–water partition coefficient (Wildman–Crippen LogP) is 4.82. The average Bonchev–Trinajstić information content (AvgIpc) is 3.10. The molecule has 2 N–H and O–H groups in total. The van der Waals surface area contributed by atoms with Crippen LogP contribution >= 0.6 is 11.8 Å². The van der Waals surface area contributed by atoms with Crippen LogP contribution in [0.3, 0.4) is 0 Å². The molecule has 4 aliphatic heterocycles. The summed E-state index contributed by atoms with van der Waals surface area (Å²) < 4.78 is 41.7. The van der Waals surface area contributed by atoms with Gasteiger partial charge in [0.1, 0.15) is 28.6 Å². The Bertz CT molecular complexity index is 1740. The monoisotopic (exact) mass is 696 g/mol. The first-order chi connectivity index (χ1) is 23.8. The second kappa shape index (κ2) is 15.0. The number of nitrogens with zero attached hydrogens (tertiary/aromatic N) is 4. The van der Waals surface area contributed by atoms with E-state index in [2.05, 4.69) is 25.1 Å². The Labute approximate surface area is 287 Å². The van der Waals surface area contributed by atoms with E-state index in [1.165, 1.54) is 17.0 Å². The Kier molecular flexibility index (Phi) is 10.3. The van der Waals surface area contributed by atoms with Gasteiger partial charge in [-0.3, -0.25) is 19.8 Å². The van der Waals surface area contributed by atoms with E-state index in [1.807, 2.05) is 0 Å². The lowest BCUT2D eigenvalue weighted by Crippen LogP contribution is -2.49. The number of nitrogens with one attached hydrogen (secondary N) is 2. The van der Waals surface area contributed by atoms with Crippen molar-refractivity contribution in [3.8, 4) is 5.75 Å². The maximum atomic E-state index is 15.2. The Hall–Kier alpha value is -3.75. The summed E-state index contributed by atoms with van der Waals surface area (Å²) in [6, 6.07) is 7.68. The van der Waals surface area contributed by atoms with Gasteiger partial charge in [-0.1, -0.05) is 0 Å². The van der Waals surface area contributed by atoms with Gasteiger partial charge >= 0.3 is 6.03 Å². The number of halogens is 2. The van der Waals surface area contributed by atoms with E-state index in [-0.39, 0.29) is 30.1 Å². The van der Waals surface area contributed by atoms with Crippen LogP contribution in [0.1, 0.15) is 50.8 Å². The molecule has 0 atom stereocenters. The molecule has 14 heteroatoms. The Morgan fingerprint density at radius 3 is 2.43 bits per heavy atom. The summed E-state index contributed by atoms with van der Waals surface area (Å²) in [5.41, 5.74) is 0.809. The maximum Gasteiger partial charge on any atom is 0.328 e. The van der Waals surface area contributed by atoms with Gasteiger partial charge < -0.3 is 24.3 Å². The van der Waals surface area contributed by atoms with E-state index in [0.717, 1.165) is 77.9 Å². The number of hydrogen-bond acceptors (Lipinski definition) is 9. The number of carbonyl (C=O) groups excluding carboxylic acids is 2. The highest BCUT2D eigenvalue weighted by Crippen LogP contribution is 2.31. The summed E-state index contributed by atoms with van der Waals surface area (Å²) in [5, 5.41) is 2.69. The first-order valence-electron chi connectivity index (χ1n) is 17.2. The van der Waals surface area contributed by atoms with Crippen LogP contribution in [0.2, 0.25) is 0 Å². The van der Waals surface area contributed by atoms with E-state index in [9.17, 15) is 14.4 Å². The van der Waals surface area contributed by atoms with E-state index in [1.54, 1.807) is 30.0 Å². The second-order valence-corrected chi connectivity index (χ2v) is 14.6. The van der Waals surface area contributed by atoms with Gasteiger partial charge in [0, 0.05) is 68.4 Å². The number of aromatic amines is 1. The fraction of sp³-hybridized carbons (Fsp3) is 0.543. The number of likely N-dealkylation sites (tertiary alicyclic amines) is 1. The maximum absolute atomic E-state index is 15.2. The molecule has 11 nitrogen and oxygen atoms in total. The first-order valence-corrected chi connectivity index (χ1v) is 18.3. The fourth-order valence-corrected chi connectivity index (χ4v) is 8.40. The number of benzene rings is 2. The van der Waals surface area contributed by atoms with Gasteiger partial charge in [0.05, 0.1) is 23.6 Å². The molecule has 7 rings (SSSR count). The van der Waals surface area contributed by atoms with Crippen molar-refractivity contribution in [3.63, 3.8) is 0 Å². The van der Waals surface area contributed by atoms with Gasteiger partial charge in [0.25, 0.3) is 5.56 Å². The lowest BCUT2D eigenvalue weighted by atomic mass is 9.94. The van der Waals surface area contributed by atoms with Crippen molar-refractivity contribution >= 4 is 46.0 Å². The lowest BCUT2D eigenvalue weighted by Gasteiger charge is -2.42. The zero-order chi connectivity index (χ0) is 33.9. The van der Waals surface area contributed by atoms with Crippen molar-refractivity contribution < 1.29 is 27.8 Å². The van der Waals surface area contributed by atoms with Gasteiger partial charge in [0.2, 0.25) is 5.91 Å². The van der Waals surface area contributed by atoms with Crippen LogP contribution in [0.4, 0.5) is 25.0 Å². The van der Waals surface area contributed by atoms with Crippen LogP contribution in [-0.2, 0) is 15.3 Å². The molecule has 49 heavy (non-hydrogen) atoms. The summed E-state index contributed by atoms with van der Waals surface area (Å²) >= 11 is 1.74. The summed E-state index contributed by atoms with van der Waals surface area (Å²) in [4.78, 5) is 49.6. The van der Waals surface area contributed by atoms with Crippen LogP contribution in [-0.4, -0.2) is 90.6 Å². The molecule has 0 unspecified atom stereocenters.